The zero-order chi connectivity index (χ0) is 10.7. The molecule has 3 nitrogen and oxygen atoms in total. The molecule has 1 atom stereocenters. The minimum absolute atomic E-state index is 0.00375. The van der Waals surface area contributed by atoms with Crippen LogP contribution in [0.1, 0.15) is 11.6 Å². The van der Waals surface area contributed by atoms with Crippen molar-refractivity contribution in [1.29, 1.82) is 0 Å². The normalized spacial score (nSPS) is 12.6. The lowest BCUT2D eigenvalue weighted by atomic mass is 10.1. The fourth-order valence-electron chi connectivity index (χ4n) is 1.18. The van der Waals surface area contributed by atoms with Gasteiger partial charge in [0.2, 0.25) is 0 Å². The Hall–Kier alpha value is -1.20. The van der Waals surface area contributed by atoms with Gasteiger partial charge in [0, 0.05) is 17.7 Å². The maximum absolute atomic E-state index is 13.2. The van der Waals surface area contributed by atoms with Crippen molar-refractivity contribution in [2.45, 2.75) is 6.04 Å². The van der Waals surface area contributed by atoms with Crippen LogP contribution < -0.4 is 10.5 Å². The smallest absolute Gasteiger partial charge is 0.134 e. The molecule has 0 bridgehead atoms. The molecule has 0 aliphatic carbocycles. The van der Waals surface area contributed by atoms with E-state index in [1.165, 1.54) is 7.11 Å². The molecule has 14 heavy (non-hydrogen) atoms. The molecule has 0 unspecified atom stereocenters. The van der Waals surface area contributed by atoms with Crippen LogP contribution in [0.15, 0.2) is 12.1 Å². The number of nitrogens with two attached hydrogens (primary N) is 1. The lowest BCUT2D eigenvalue weighted by molar-refractivity contribution is 0.261. The lowest BCUT2D eigenvalue weighted by Gasteiger charge is -2.14. The van der Waals surface area contributed by atoms with Crippen molar-refractivity contribution in [3.05, 3.63) is 29.3 Å². The van der Waals surface area contributed by atoms with Crippen LogP contribution >= 0.6 is 0 Å². The van der Waals surface area contributed by atoms with Gasteiger partial charge in [0.25, 0.3) is 0 Å². The third-order valence-corrected chi connectivity index (χ3v) is 1.84. The van der Waals surface area contributed by atoms with E-state index in [1.54, 1.807) is 0 Å². The van der Waals surface area contributed by atoms with Crippen molar-refractivity contribution in [1.82, 2.24) is 0 Å². The molecular formula is C9H11F2NO2. The molecule has 1 rings (SSSR count). The van der Waals surface area contributed by atoms with Crippen molar-refractivity contribution in [2.24, 2.45) is 5.73 Å². The summed E-state index contributed by atoms with van der Waals surface area (Å²) in [6.07, 6.45) is 0. The van der Waals surface area contributed by atoms with Gasteiger partial charge < -0.3 is 15.6 Å². The van der Waals surface area contributed by atoms with Crippen molar-refractivity contribution >= 4 is 0 Å². The zero-order valence-corrected chi connectivity index (χ0v) is 7.63. The van der Waals surface area contributed by atoms with Gasteiger partial charge in [0.05, 0.1) is 19.8 Å². The summed E-state index contributed by atoms with van der Waals surface area (Å²) in [7, 11) is 1.28. The van der Waals surface area contributed by atoms with Gasteiger partial charge in [0.15, 0.2) is 0 Å². The van der Waals surface area contributed by atoms with Crippen LogP contribution in [-0.2, 0) is 0 Å². The number of aliphatic hydroxyl groups excluding tert-OH is 1. The molecule has 0 saturated heterocycles. The van der Waals surface area contributed by atoms with Gasteiger partial charge in [-0.3, -0.25) is 0 Å². The monoisotopic (exact) mass is 203 g/mol. The van der Waals surface area contributed by atoms with E-state index in [4.69, 9.17) is 15.6 Å². The van der Waals surface area contributed by atoms with Gasteiger partial charge in [-0.1, -0.05) is 0 Å². The first-order valence-corrected chi connectivity index (χ1v) is 3.99. The van der Waals surface area contributed by atoms with E-state index in [9.17, 15) is 8.78 Å². The molecule has 0 aromatic heterocycles. The molecule has 0 spiro atoms. The molecule has 0 radical (unpaired) electrons. The average Bonchev–Trinajstić information content (AvgIpc) is 2.15. The molecule has 3 N–H and O–H groups in total. The molecule has 0 amide bonds. The third-order valence-electron chi connectivity index (χ3n) is 1.84. The number of hydrogen-bond donors (Lipinski definition) is 2. The summed E-state index contributed by atoms with van der Waals surface area (Å²) in [4.78, 5) is 0. The zero-order valence-electron chi connectivity index (χ0n) is 7.63. The van der Waals surface area contributed by atoms with Crippen molar-refractivity contribution in [2.75, 3.05) is 13.7 Å². The number of methoxy groups -OCH3 is 1. The highest BCUT2D eigenvalue weighted by Gasteiger charge is 2.17. The van der Waals surface area contributed by atoms with Crippen LogP contribution in [-0.4, -0.2) is 18.8 Å². The van der Waals surface area contributed by atoms with Crippen LogP contribution in [0.3, 0.4) is 0 Å². The first-order chi connectivity index (χ1) is 6.60. The molecule has 5 heteroatoms. The van der Waals surface area contributed by atoms with E-state index in [2.05, 4.69) is 0 Å². The first-order valence-electron chi connectivity index (χ1n) is 3.99. The van der Waals surface area contributed by atoms with E-state index in [1.807, 2.05) is 0 Å². The molecular weight excluding hydrogens is 192 g/mol. The second-order valence-corrected chi connectivity index (χ2v) is 2.79. The Kier molecular flexibility index (Phi) is 3.38. The molecule has 78 valence electrons. The van der Waals surface area contributed by atoms with Crippen LogP contribution in [0.5, 0.6) is 5.75 Å². The lowest BCUT2D eigenvalue weighted by Crippen LogP contribution is -2.17. The number of benzene rings is 1. The van der Waals surface area contributed by atoms with Gasteiger partial charge in [-0.15, -0.1) is 0 Å². The van der Waals surface area contributed by atoms with E-state index in [0.29, 0.717) is 6.07 Å². The maximum Gasteiger partial charge on any atom is 0.134 e. The summed E-state index contributed by atoms with van der Waals surface area (Å²) < 4.78 is 30.7. The van der Waals surface area contributed by atoms with Gasteiger partial charge in [-0.2, -0.15) is 0 Å². The maximum atomic E-state index is 13.2. The van der Waals surface area contributed by atoms with Gasteiger partial charge in [0.1, 0.15) is 17.4 Å². The largest absolute Gasteiger partial charge is 0.496 e. The van der Waals surface area contributed by atoms with Crippen molar-refractivity contribution in [3.63, 3.8) is 0 Å². The van der Waals surface area contributed by atoms with Crippen molar-refractivity contribution in [3.8, 4) is 5.75 Å². The summed E-state index contributed by atoms with van der Waals surface area (Å²) >= 11 is 0. The average molecular weight is 203 g/mol. The number of halogens is 2. The Balaban J connectivity index is 3.24. The Morgan fingerprint density at radius 2 is 2.14 bits per heavy atom. The molecule has 0 aliphatic rings. The Morgan fingerprint density at radius 1 is 1.50 bits per heavy atom. The Labute approximate surface area is 80.1 Å². The summed E-state index contributed by atoms with van der Waals surface area (Å²) in [6.45, 7) is -0.432. The number of rotatable bonds is 3. The molecule has 0 fully saturated rings. The summed E-state index contributed by atoms with van der Waals surface area (Å²) in [5.41, 5.74) is 5.41. The van der Waals surface area contributed by atoms with Crippen molar-refractivity contribution < 1.29 is 18.6 Å². The predicted octanol–water partition coefficient (Wildman–Crippen LogP) is 0.966. The number of aliphatic hydroxyl groups is 1. The topological polar surface area (TPSA) is 55.5 Å². The van der Waals surface area contributed by atoms with Gasteiger partial charge in [-0.25, -0.2) is 8.78 Å². The summed E-state index contributed by atoms with van der Waals surface area (Å²) in [5.74, 6) is -1.55. The fraction of sp³-hybridized carbons (Fsp3) is 0.333. The highest BCUT2D eigenvalue weighted by atomic mass is 19.1. The first kappa shape index (κ1) is 10.9. The second kappa shape index (κ2) is 4.34. The molecule has 1 aromatic rings. The number of hydrogen-bond acceptors (Lipinski definition) is 3. The quantitative estimate of drug-likeness (QED) is 0.769. The van der Waals surface area contributed by atoms with E-state index in [0.717, 1.165) is 6.07 Å². The third kappa shape index (κ3) is 2.00. The van der Waals surface area contributed by atoms with Gasteiger partial charge >= 0.3 is 0 Å². The summed E-state index contributed by atoms with van der Waals surface area (Å²) in [5, 5.41) is 8.76. The molecule has 0 saturated carbocycles. The van der Waals surface area contributed by atoms with Crippen LogP contribution in [0, 0.1) is 11.6 Å². The van der Waals surface area contributed by atoms with Crippen LogP contribution in [0.4, 0.5) is 8.78 Å². The highest BCUT2D eigenvalue weighted by molar-refractivity contribution is 5.37. The van der Waals surface area contributed by atoms with E-state index < -0.39 is 24.3 Å². The standard InChI is InChI=1S/C9H11F2NO2/c1-14-8-3-5(10)2-6(11)9(8)7(12)4-13/h2-3,7,13H,4,12H2,1H3/t7-/m0/s1. The SMILES string of the molecule is COc1cc(F)cc(F)c1[C@@H](N)CO. The van der Waals surface area contributed by atoms with E-state index in [-0.39, 0.29) is 11.3 Å². The second-order valence-electron chi connectivity index (χ2n) is 2.79. The Bertz CT molecular complexity index is 331. The highest BCUT2D eigenvalue weighted by Crippen LogP contribution is 2.27. The molecule has 1 aromatic carbocycles. The predicted molar refractivity (Wildman–Crippen MR) is 46.9 cm³/mol. The minimum atomic E-state index is -0.912. The molecule has 0 heterocycles. The van der Waals surface area contributed by atoms with E-state index >= 15 is 0 Å². The molecule has 0 aliphatic heterocycles. The van der Waals surface area contributed by atoms with Crippen LogP contribution in [0.2, 0.25) is 0 Å². The number of ether oxygens (including phenoxy) is 1. The fourth-order valence-corrected chi connectivity index (χ4v) is 1.18. The van der Waals surface area contributed by atoms with Crippen LogP contribution in [0.25, 0.3) is 0 Å². The minimum Gasteiger partial charge on any atom is -0.496 e. The van der Waals surface area contributed by atoms with Gasteiger partial charge in [-0.05, 0) is 0 Å². The summed E-state index contributed by atoms with van der Waals surface area (Å²) in [6, 6.07) is 0.812. The Morgan fingerprint density at radius 3 is 2.64 bits per heavy atom.